The number of rotatable bonds is 5. The van der Waals surface area contributed by atoms with E-state index >= 15 is 0 Å². The first kappa shape index (κ1) is 15.5. The predicted molar refractivity (Wildman–Crippen MR) is 83.2 cm³/mol. The van der Waals surface area contributed by atoms with Crippen molar-refractivity contribution in [3.63, 3.8) is 0 Å². The van der Waals surface area contributed by atoms with Crippen molar-refractivity contribution in [2.24, 2.45) is 0 Å². The molecule has 0 saturated heterocycles. The maximum atomic E-state index is 13.6. The summed E-state index contributed by atoms with van der Waals surface area (Å²) in [4.78, 5) is 12.0. The monoisotopic (exact) mass is 351 g/mol. The molecule has 21 heavy (non-hydrogen) atoms. The molecule has 1 N–H and O–H groups in total. The molecule has 1 amide bonds. The zero-order chi connectivity index (χ0) is 15.2. The van der Waals surface area contributed by atoms with Gasteiger partial charge < -0.3 is 10.1 Å². The molecule has 0 saturated carbocycles. The lowest BCUT2D eigenvalue weighted by molar-refractivity contribution is 0.0950. The summed E-state index contributed by atoms with van der Waals surface area (Å²) in [5.41, 5.74) is 2.40. The molecule has 0 aliphatic carbocycles. The van der Waals surface area contributed by atoms with E-state index in [4.69, 9.17) is 4.74 Å². The van der Waals surface area contributed by atoms with Crippen LogP contribution in [0.2, 0.25) is 0 Å². The van der Waals surface area contributed by atoms with E-state index in [1.54, 1.807) is 0 Å². The molecule has 0 bridgehead atoms. The fourth-order valence-electron chi connectivity index (χ4n) is 1.91. The summed E-state index contributed by atoms with van der Waals surface area (Å²) < 4.78 is 18.4. The van der Waals surface area contributed by atoms with Gasteiger partial charge in [-0.1, -0.05) is 40.2 Å². The van der Waals surface area contributed by atoms with Gasteiger partial charge in [0.15, 0.2) is 11.6 Å². The van der Waals surface area contributed by atoms with E-state index < -0.39 is 5.82 Å². The number of alkyl halides is 1. The summed E-state index contributed by atoms with van der Waals surface area (Å²) in [5.74, 6) is -0.746. The molecule has 0 unspecified atom stereocenters. The number of carbonyl (C=O) groups is 1. The Balaban J connectivity index is 2.02. The SMILES string of the molecule is COc1ccc(C(=O)NCc2cccc(CBr)c2)cc1F. The Morgan fingerprint density at radius 1 is 1.24 bits per heavy atom. The fourth-order valence-corrected chi connectivity index (χ4v) is 2.26. The minimum atomic E-state index is -0.550. The third-order valence-electron chi connectivity index (χ3n) is 3.01. The smallest absolute Gasteiger partial charge is 0.251 e. The van der Waals surface area contributed by atoms with Gasteiger partial charge in [0.2, 0.25) is 0 Å². The molecular weight excluding hydrogens is 337 g/mol. The summed E-state index contributed by atoms with van der Waals surface area (Å²) in [6.45, 7) is 0.396. The first-order chi connectivity index (χ1) is 10.1. The van der Waals surface area contributed by atoms with Crippen molar-refractivity contribution < 1.29 is 13.9 Å². The lowest BCUT2D eigenvalue weighted by Crippen LogP contribution is -2.22. The van der Waals surface area contributed by atoms with Gasteiger partial charge in [0.1, 0.15) is 0 Å². The Labute approximate surface area is 131 Å². The topological polar surface area (TPSA) is 38.3 Å². The van der Waals surface area contributed by atoms with Gasteiger partial charge in [0.25, 0.3) is 5.91 Å². The van der Waals surface area contributed by atoms with Crippen LogP contribution in [-0.2, 0) is 11.9 Å². The Bertz CT molecular complexity index is 646. The third kappa shape index (κ3) is 4.04. The molecule has 0 atom stereocenters. The van der Waals surface area contributed by atoms with Gasteiger partial charge in [-0.2, -0.15) is 0 Å². The van der Waals surface area contributed by atoms with Gasteiger partial charge in [-0.25, -0.2) is 4.39 Å². The van der Waals surface area contributed by atoms with Crippen LogP contribution < -0.4 is 10.1 Å². The normalized spacial score (nSPS) is 10.2. The molecule has 0 aliphatic heterocycles. The highest BCUT2D eigenvalue weighted by molar-refractivity contribution is 9.08. The molecule has 2 aromatic carbocycles. The molecule has 2 aromatic rings. The highest BCUT2D eigenvalue weighted by Crippen LogP contribution is 2.17. The van der Waals surface area contributed by atoms with Crippen molar-refractivity contribution in [3.05, 3.63) is 65.0 Å². The van der Waals surface area contributed by atoms with Crippen LogP contribution in [0.1, 0.15) is 21.5 Å². The molecule has 0 spiro atoms. The molecule has 0 aromatic heterocycles. The second kappa shape index (κ2) is 7.22. The van der Waals surface area contributed by atoms with Crippen molar-refractivity contribution in [2.45, 2.75) is 11.9 Å². The van der Waals surface area contributed by atoms with Gasteiger partial charge in [-0.3, -0.25) is 4.79 Å². The molecular formula is C16H15BrFNO2. The molecule has 0 aliphatic rings. The number of hydrogen-bond acceptors (Lipinski definition) is 2. The first-order valence-corrected chi connectivity index (χ1v) is 7.51. The van der Waals surface area contributed by atoms with E-state index in [0.29, 0.717) is 6.54 Å². The third-order valence-corrected chi connectivity index (χ3v) is 3.66. The summed E-state index contributed by atoms with van der Waals surface area (Å²) in [6, 6.07) is 12.0. The molecule has 110 valence electrons. The van der Waals surface area contributed by atoms with Gasteiger partial charge in [-0.05, 0) is 29.3 Å². The summed E-state index contributed by atoms with van der Waals surface area (Å²) in [5, 5.41) is 3.53. The molecule has 0 heterocycles. The second-order valence-corrected chi connectivity index (χ2v) is 5.05. The van der Waals surface area contributed by atoms with Crippen LogP contribution in [-0.4, -0.2) is 13.0 Å². The lowest BCUT2D eigenvalue weighted by atomic mass is 10.1. The number of nitrogens with one attached hydrogen (secondary N) is 1. The molecule has 0 fully saturated rings. The second-order valence-electron chi connectivity index (χ2n) is 4.49. The van der Waals surface area contributed by atoms with Crippen LogP contribution in [0.25, 0.3) is 0 Å². The van der Waals surface area contributed by atoms with Crippen LogP contribution in [0.4, 0.5) is 4.39 Å². The number of benzene rings is 2. The molecule has 3 nitrogen and oxygen atoms in total. The van der Waals surface area contributed by atoms with E-state index in [1.165, 1.54) is 25.3 Å². The lowest BCUT2D eigenvalue weighted by Gasteiger charge is -2.08. The average molecular weight is 352 g/mol. The van der Waals surface area contributed by atoms with E-state index in [0.717, 1.165) is 16.5 Å². The minimum Gasteiger partial charge on any atom is -0.494 e. The average Bonchev–Trinajstić information content (AvgIpc) is 2.52. The quantitative estimate of drug-likeness (QED) is 0.834. The highest BCUT2D eigenvalue weighted by Gasteiger charge is 2.09. The van der Waals surface area contributed by atoms with Gasteiger partial charge >= 0.3 is 0 Å². The van der Waals surface area contributed by atoms with Crippen LogP contribution in [0.5, 0.6) is 5.75 Å². The van der Waals surface area contributed by atoms with Crippen molar-refractivity contribution in [1.29, 1.82) is 0 Å². The van der Waals surface area contributed by atoms with Crippen LogP contribution >= 0.6 is 15.9 Å². The van der Waals surface area contributed by atoms with Crippen LogP contribution in [0.3, 0.4) is 0 Å². The van der Waals surface area contributed by atoms with Crippen molar-refractivity contribution in [1.82, 2.24) is 5.32 Å². The zero-order valence-electron chi connectivity index (χ0n) is 11.5. The highest BCUT2D eigenvalue weighted by atomic mass is 79.9. The van der Waals surface area contributed by atoms with Crippen molar-refractivity contribution in [3.8, 4) is 5.75 Å². The summed E-state index contributed by atoms with van der Waals surface area (Å²) in [7, 11) is 1.38. The van der Waals surface area contributed by atoms with Gasteiger partial charge in [-0.15, -0.1) is 0 Å². The standard InChI is InChI=1S/C16H15BrFNO2/c1-21-15-6-5-13(8-14(15)18)16(20)19-10-12-4-2-3-11(7-12)9-17/h2-8H,9-10H2,1H3,(H,19,20). The van der Waals surface area contributed by atoms with E-state index in [-0.39, 0.29) is 17.2 Å². The predicted octanol–water partition coefficient (Wildman–Crippen LogP) is 3.66. The number of carbonyl (C=O) groups excluding carboxylic acids is 1. The number of halogens is 2. The zero-order valence-corrected chi connectivity index (χ0v) is 13.1. The fraction of sp³-hybridized carbons (Fsp3) is 0.188. The van der Waals surface area contributed by atoms with Crippen molar-refractivity contribution in [2.75, 3.05) is 7.11 Å². The number of ether oxygens (including phenoxy) is 1. The van der Waals surface area contributed by atoms with Gasteiger partial charge in [0.05, 0.1) is 7.11 Å². The molecule has 2 rings (SSSR count). The Morgan fingerprint density at radius 2 is 2.00 bits per heavy atom. The molecule has 0 radical (unpaired) electrons. The minimum absolute atomic E-state index is 0.122. The van der Waals surface area contributed by atoms with E-state index in [9.17, 15) is 9.18 Å². The van der Waals surface area contributed by atoms with Crippen molar-refractivity contribution >= 4 is 21.8 Å². The Morgan fingerprint density at radius 3 is 2.67 bits per heavy atom. The maximum absolute atomic E-state index is 13.6. The van der Waals surface area contributed by atoms with Crippen LogP contribution in [0, 0.1) is 5.82 Å². The van der Waals surface area contributed by atoms with E-state index in [2.05, 4.69) is 21.2 Å². The number of methoxy groups -OCH3 is 1. The summed E-state index contributed by atoms with van der Waals surface area (Å²) in [6.07, 6.45) is 0. The van der Waals surface area contributed by atoms with Crippen LogP contribution in [0.15, 0.2) is 42.5 Å². The van der Waals surface area contributed by atoms with Gasteiger partial charge in [0, 0.05) is 17.4 Å². The largest absolute Gasteiger partial charge is 0.494 e. The maximum Gasteiger partial charge on any atom is 0.251 e. The molecule has 5 heteroatoms. The number of hydrogen-bond donors (Lipinski definition) is 1. The Kier molecular flexibility index (Phi) is 5.33. The van der Waals surface area contributed by atoms with E-state index in [1.807, 2.05) is 24.3 Å². The first-order valence-electron chi connectivity index (χ1n) is 6.39. The summed E-state index contributed by atoms with van der Waals surface area (Å²) >= 11 is 3.39. The number of amides is 1. The Hall–Kier alpha value is -1.88.